The Bertz CT molecular complexity index is 846. The summed E-state index contributed by atoms with van der Waals surface area (Å²) < 4.78 is 10.9. The smallest absolute Gasteiger partial charge is 0.231 e. The first-order chi connectivity index (χ1) is 13.7. The molecule has 1 saturated heterocycles. The predicted octanol–water partition coefficient (Wildman–Crippen LogP) is 2.01. The van der Waals surface area contributed by atoms with Gasteiger partial charge in [-0.2, -0.15) is 0 Å². The van der Waals surface area contributed by atoms with Gasteiger partial charge in [0.15, 0.2) is 17.5 Å². The number of fused-ring (bicyclic) bond motifs is 1. The van der Waals surface area contributed by atoms with E-state index in [4.69, 9.17) is 9.47 Å². The molecule has 28 heavy (non-hydrogen) atoms. The minimum atomic E-state index is 0.321. The molecule has 0 atom stereocenters. The number of ether oxygens (including phenoxy) is 2. The summed E-state index contributed by atoms with van der Waals surface area (Å²) in [5.74, 6) is 2.63. The summed E-state index contributed by atoms with van der Waals surface area (Å²) in [4.78, 5) is 13.7. The molecule has 3 heterocycles. The molecule has 7 heteroatoms. The van der Waals surface area contributed by atoms with Crippen LogP contribution in [0.4, 0.5) is 0 Å². The van der Waals surface area contributed by atoms with Crippen LogP contribution in [0.2, 0.25) is 0 Å². The molecule has 0 amide bonds. The molecule has 2 aromatic rings. The highest BCUT2D eigenvalue weighted by molar-refractivity contribution is 5.80. The van der Waals surface area contributed by atoms with Crippen molar-refractivity contribution in [2.24, 2.45) is 4.99 Å². The first kappa shape index (κ1) is 18.6. The van der Waals surface area contributed by atoms with E-state index in [-0.39, 0.29) is 0 Å². The number of benzene rings is 1. The highest BCUT2D eigenvalue weighted by atomic mass is 16.7. The number of rotatable bonds is 4. The summed E-state index contributed by atoms with van der Waals surface area (Å²) in [5, 5.41) is 3.45. The lowest BCUT2D eigenvalue weighted by atomic mass is 10.1. The van der Waals surface area contributed by atoms with Crippen molar-refractivity contribution in [1.82, 2.24) is 20.1 Å². The van der Waals surface area contributed by atoms with Crippen LogP contribution in [0.5, 0.6) is 11.5 Å². The molecule has 1 aromatic heterocycles. The standard InChI is InChI=1S/C21H27N5O2/c1-16-4-3-7-23-18(16)13-24-21(22-2)26-10-8-25(9-11-26)14-17-5-6-19-20(12-17)28-15-27-19/h3-7,12H,8-11,13-15H2,1-2H3,(H,22,24). The number of piperazine rings is 1. The third kappa shape index (κ3) is 4.20. The highest BCUT2D eigenvalue weighted by Crippen LogP contribution is 2.32. The van der Waals surface area contributed by atoms with Crippen molar-refractivity contribution in [3.63, 3.8) is 0 Å². The zero-order chi connectivity index (χ0) is 19.3. The minimum Gasteiger partial charge on any atom is -0.454 e. The molecule has 1 N–H and O–H groups in total. The van der Waals surface area contributed by atoms with Crippen LogP contribution in [0.15, 0.2) is 41.5 Å². The largest absolute Gasteiger partial charge is 0.454 e. The Morgan fingerprint density at radius 2 is 1.96 bits per heavy atom. The van der Waals surface area contributed by atoms with Gasteiger partial charge in [-0.25, -0.2) is 0 Å². The Labute approximate surface area is 166 Å². The lowest BCUT2D eigenvalue weighted by molar-refractivity contribution is 0.171. The number of hydrogen-bond acceptors (Lipinski definition) is 5. The molecule has 148 valence electrons. The number of pyridine rings is 1. The number of nitrogens with zero attached hydrogens (tertiary/aromatic N) is 4. The van der Waals surface area contributed by atoms with Gasteiger partial charge in [-0.05, 0) is 36.2 Å². The molecule has 0 aliphatic carbocycles. The first-order valence-electron chi connectivity index (χ1n) is 9.70. The van der Waals surface area contributed by atoms with E-state index >= 15 is 0 Å². The average molecular weight is 381 g/mol. The summed E-state index contributed by atoms with van der Waals surface area (Å²) in [5.41, 5.74) is 3.51. The number of nitrogens with one attached hydrogen (secondary N) is 1. The zero-order valence-corrected chi connectivity index (χ0v) is 16.5. The molecular weight excluding hydrogens is 354 g/mol. The van der Waals surface area contributed by atoms with Crippen LogP contribution >= 0.6 is 0 Å². The fourth-order valence-corrected chi connectivity index (χ4v) is 3.61. The van der Waals surface area contributed by atoms with Gasteiger partial charge in [0, 0.05) is 46.0 Å². The Kier molecular flexibility index (Phi) is 5.62. The molecule has 7 nitrogen and oxygen atoms in total. The normalized spacial score (nSPS) is 17.1. The van der Waals surface area contributed by atoms with Crippen molar-refractivity contribution in [2.75, 3.05) is 40.0 Å². The van der Waals surface area contributed by atoms with Crippen LogP contribution < -0.4 is 14.8 Å². The van der Waals surface area contributed by atoms with Crippen molar-refractivity contribution in [1.29, 1.82) is 0 Å². The van der Waals surface area contributed by atoms with E-state index in [0.717, 1.165) is 55.9 Å². The predicted molar refractivity (Wildman–Crippen MR) is 109 cm³/mol. The van der Waals surface area contributed by atoms with E-state index in [9.17, 15) is 0 Å². The van der Waals surface area contributed by atoms with E-state index < -0.39 is 0 Å². The van der Waals surface area contributed by atoms with Gasteiger partial charge >= 0.3 is 0 Å². The van der Waals surface area contributed by atoms with Crippen molar-refractivity contribution in [3.05, 3.63) is 53.3 Å². The van der Waals surface area contributed by atoms with Gasteiger partial charge in [-0.3, -0.25) is 14.9 Å². The summed E-state index contributed by atoms with van der Waals surface area (Å²) in [7, 11) is 1.84. The summed E-state index contributed by atoms with van der Waals surface area (Å²) in [6, 6.07) is 10.3. The molecular formula is C21H27N5O2. The second kappa shape index (κ2) is 8.48. The second-order valence-electron chi connectivity index (χ2n) is 7.12. The molecule has 2 aliphatic heterocycles. The fraction of sp³-hybridized carbons (Fsp3) is 0.429. The van der Waals surface area contributed by atoms with Crippen molar-refractivity contribution in [3.8, 4) is 11.5 Å². The maximum atomic E-state index is 5.49. The Hall–Kier alpha value is -2.80. The van der Waals surface area contributed by atoms with Gasteiger partial charge in [0.25, 0.3) is 0 Å². The molecule has 0 saturated carbocycles. The SMILES string of the molecule is CN=C(NCc1ncccc1C)N1CCN(Cc2ccc3c(c2)OCO3)CC1. The van der Waals surface area contributed by atoms with Crippen LogP contribution in [-0.4, -0.2) is 60.8 Å². The van der Waals surface area contributed by atoms with Crippen molar-refractivity contribution in [2.45, 2.75) is 20.0 Å². The van der Waals surface area contributed by atoms with Crippen LogP contribution in [0.25, 0.3) is 0 Å². The third-order valence-electron chi connectivity index (χ3n) is 5.26. The van der Waals surface area contributed by atoms with Crippen LogP contribution in [0, 0.1) is 6.92 Å². The maximum absolute atomic E-state index is 5.49. The van der Waals surface area contributed by atoms with E-state index in [2.05, 4.69) is 50.2 Å². The Balaban J connectivity index is 1.28. The van der Waals surface area contributed by atoms with Crippen LogP contribution in [-0.2, 0) is 13.1 Å². The van der Waals surface area contributed by atoms with Gasteiger partial charge in [0.05, 0.1) is 12.2 Å². The molecule has 0 radical (unpaired) electrons. The minimum absolute atomic E-state index is 0.321. The molecule has 0 spiro atoms. The number of hydrogen-bond donors (Lipinski definition) is 1. The lowest BCUT2D eigenvalue weighted by Gasteiger charge is -2.36. The van der Waals surface area contributed by atoms with Crippen molar-refractivity contribution < 1.29 is 9.47 Å². The zero-order valence-electron chi connectivity index (χ0n) is 16.5. The van der Waals surface area contributed by atoms with E-state index in [1.165, 1.54) is 11.1 Å². The summed E-state index contributed by atoms with van der Waals surface area (Å²) >= 11 is 0. The van der Waals surface area contributed by atoms with E-state index in [0.29, 0.717) is 13.3 Å². The maximum Gasteiger partial charge on any atom is 0.231 e. The number of aromatic nitrogens is 1. The number of guanidine groups is 1. The van der Waals surface area contributed by atoms with Crippen LogP contribution in [0.3, 0.4) is 0 Å². The highest BCUT2D eigenvalue weighted by Gasteiger charge is 2.21. The van der Waals surface area contributed by atoms with E-state index in [1.807, 2.05) is 25.4 Å². The van der Waals surface area contributed by atoms with Crippen molar-refractivity contribution >= 4 is 5.96 Å². The monoisotopic (exact) mass is 381 g/mol. The number of aliphatic imine (C=N–C) groups is 1. The quantitative estimate of drug-likeness (QED) is 0.646. The number of aryl methyl sites for hydroxylation is 1. The van der Waals surface area contributed by atoms with Gasteiger partial charge in [0.1, 0.15) is 0 Å². The molecule has 1 fully saturated rings. The molecule has 4 rings (SSSR count). The lowest BCUT2D eigenvalue weighted by Crippen LogP contribution is -2.52. The second-order valence-corrected chi connectivity index (χ2v) is 7.12. The first-order valence-corrected chi connectivity index (χ1v) is 9.70. The molecule has 1 aromatic carbocycles. The van der Waals surface area contributed by atoms with E-state index in [1.54, 1.807) is 0 Å². The van der Waals surface area contributed by atoms with Gasteiger partial charge in [-0.15, -0.1) is 0 Å². The van der Waals surface area contributed by atoms with Crippen LogP contribution in [0.1, 0.15) is 16.8 Å². The van der Waals surface area contributed by atoms with Gasteiger partial charge in [0.2, 0.25) is 6.79 Å². The molecule has 2 aliphatic rings. The topological polar surface area (TPSA) is 62.2 Å². The summed E-state index contributed by atoms with van der Waals surface area (Å²) in [6.07, 6.45) is 1.83. The average Bonchev–Trinajstić information content (AvgIpc) is 3.19. The molecule has 0 unspecified atom stereocenters. The van der Waals surface area contributed by atoms with Gasteiger partial charge < -0.3 is 19.7 Å². The Morgan fingerprint density at radius 1 is 1.14 bits per heavy atom. The van der Waals surface area contributed by atoms with Gasteiger partial charge in [-0.1, -0.05) is 12.1 Å². The third-order valence-corrected chi connectivity index (χ3v) is 5.26. The fourth-order valence-electron chi connectivity index (χ4n) is 3.61. The Morgan fingerprint density at radius 3 is 2.75 bits per heavy atom. The molecule has 0 bridgehead atoms. The summed E-state index contributed by atoms with van der Waals surface area (Å²) in [6.45, 7) is 7.91.